The number of esters is 1. The lowest BCUT2D eigenvalue weighted by Gasteiger charge is -2.34. The lowest BCUT2D eigenvalue weighted by atomic mass is 10.1. The van der Waals surface area contributed by atoms with Crippen LogP contribution in [0.25, 0.3) is 5.65 Å². The predicted octanol–water partition coefficient (Wildman–Crippen LogP) is 6.29. The number of nitriles is 1. The van der Waals surface area contributed by atoms with Gasteiger partial charge in [-0.1, -0.05) is 23.2 Å². The second kappa shape index (κ2) is 12.2. The van der Waals surface area contributed by atoms with Crippen molar-refractivity contribution < 1.29 is 19.1 Å². The minimum absolute atomic E-state index is 0.0904. The van der Waals surface area contributed by atoms with Crippen LogP contribution in [0.2, 0.25) is 10.0 Å². The molecule has 3 heterocycles. The highest BCUT2D eigenvalue weighted by molar-refractivity contribution is 6.34. The van der Waals surface area contributed by atoms with Crippen LogP contribution < -0.4 is 10.6 Å². The van der Waals surface area contributed by atoms with Crippen molar-refractivity contribution in [1.82, 2.24) is 19.5 Å². The van der Waals surface area contributed by atoms with E-state index in [0.29, 0.717) is 29.0 Å². The molecule has 1 atom stereocenters. The van der Waals surface area contributed by atoms with E-state index >= 15 is 0 Å². The largest absolute Gasteiger partial charge is 0.455 e. The van der Waals surface area contributed by atoms with Gasteiger partial charge >= 0.3 is 12.1 Å². The smallest absolute Gasteiger partial charge is 0.410 e. The summed E-state index contributed by atoms with van der Waals surface area (Å²) >= 11 is 12.3. The van der Waals surface area contributed by atoms with Crippen LogP contribution >= 0.6 is 23.2 Å². The Kier molecular flexibility index (Phi) is 9.09. The number of carbonyl (C=O) groups is 2. The molecule has 11 nitrogen and oxygen atoms in total. The lowest BCUT2D eigenvalue weighted by Crippen LogP contribution is -2.47. The molecule has 1 aliphatic rings. The maximum Gasteiger partial charge on any atom is 0.410 e. The lowest BCUT2D eigenvalue weighted by molar-refractivity contribution is 0.00590. The number of fused-ring (bicyclic) bond motifs is 1. The van der Waals surface area contributed by atoms with Crippen LogP contribution in [0.15, 0.2) is 24.3 Å². The number of carbonyl (C=O) groups excluding carboxylic acids is 2. The number of amides is 1. The first-order chi connectivity index (χ1) is 19.6. The fraction of sp³-hybridized carbons (Fsp3) is 0.483. The van der Waals surface area contributed by atoms with Gasteiger partial charge in [-0.3, -0.25) is 0 Å². The molecular weight excluding hydrogens is 581 g/mol. The van der Waals surface area contributed by atoms with Crippen molar-refractivity contribution in [2.75, 3.05) is 23.7 Å². The summed E-state index contributed by atoms with van der Waals surface area (Å²) in [6.07, 6.45) is 1.15. The Balaban J connectivity index is 1.67. The van der Waals surface area contributed by atoms with Crippen molar-refractivity contribution in [2.24, 2.45) is 0 Å². The molecule has 0 bridgehead atoms. The Morgan fingerprint density at radius 2 is 1.74 bits per heavy atom. The summed E-state index contributed by atoms with van der Waals surface area (Å²) in [5.41, 5.74) is -0.177. The number of ether oxygens (including phenoxy) is 2. The third kappa shape index (κ3) is 7.95. The van der Waals surface area contributed by atoms with E-state index < -0.39 is 17.2 Å². The molecule has 2 aromatic heterocycles. The van der Waals surface area contributed by atoms with E-state index in [1.54, 1.807) is 49.9 Å². The molecule has 1 aliphatic heterocycles. The molecule has 224 valence electrons. The fourth-order valence-electron chi connectivity index (χ4n) is 4.49. The summed E-state index contributed by atoms with van der Waals surface area (Å²) in [5, 5.41) is 22.0. The van der Waals surface area contributed by atoms with Gasteiger partial charge in [-0.25, -0.2) is 19.1 Å². The Hall–Kier alpha value is -3.75. The molecule has 0 radical (unpaired) electrons. The number of nitrogens with zero attached hydrogens (tertiary/aromatic N) is 5. The Bertz CT molecular complexity index is 1520. The predicted molar refractivity (Wildman–Crippen MR) is 161 cm³/mol. The van der Waals surface area contributed by atoms with E-state index in [9.17, 15) is 14.9 Å². The number of likely N-dealkylation sites (tertiary alicyclic amines) is 1. The number of benzene rings is 1. The zero-order valence-electron chi connectivity index (χ0n) is 24.5. The second-order valence-corrected chi connectivity index (χ2v) is 13.0. The third-order valence-corrected chi connectivity index (χ3v) is 6.55. The van der Waals surface area contributed by atoms with Crippen LogP contribution in [-0.4, -0.2) is 61.9 Å². The third-order valence-electron chi connectivity index (χ3n) is 6.12. The van der Waals surface area contributed by atoms with Gasteiger partial charge in [0.25, 0.3) is 0 Å². The molecule has 2 N–H and O–H groups in total. The fourth-order valence-corrected chi connectivity index (χ4v) is 5.06. The van der Waals surface area contributed by atoms with Crippen molar-refractivity contribution in [1.29, 1.82) is 5.26 Å². The molecule has 42 heavy (non-hydrogen) atoms. The summed E-state index contributed by atoms with van der Waals surface area (Å²) in [6, 6.07) is 8.67. The van der Waals surface area contributed by atoms with Crippen molar-refractivity contribution in [3.63, 3.8) is 0 Å². The minimum Gasteiger partial charge on any atom is -0.455 e. The normalized spacial score (nSPS) is 15.7. The van der Waals surface area contributed by atoms with Gasteiger partial charge in [0.1, 0.15) is 28.7 Å². The second-order valence-electron chi connectivity index (χ2n) is 12.1. The van der Waals surface area contributed by atoms with E-state index in [2.05, 4.69) is 26.8 Å². The highest BCUT2D eigenvalue weighted by atomic mass is 35.5. The van der Waals surface area contributed by atoms with Crippen LogP contribution in [0.5, 0.6) is 0 Å². The van der Waals surface area contributed by atoms with Crippen molar-refractivity contribution in [3.05, 3.63) is 51.1 Å². The maximum atomic E-state index is 13.3. The quantitative estimate of drug-likeness (QED) is 0.307. The van der Waals surface area contributed by atoms with Crippen molar-refractivity contribution >= 4 is 52.5 Å². The highest BCUT2D eigenvalue weighted by Crippen LogP contribution is 2.26. The molecular formula is C29H35Cl2N7O4. The van der Waals surface area contributed by atoms with Gasteiger partial charge in [-0.05, 0) is 78.1 Å². The number of piperidine rings is 1. The van der Waals surface area contributed by atoms with Crippen LogP contribution in [0.3, 0.4) is 0 Å². The van der Waals surface area contributed by atoms with Crippen LogP contribution in [0.1, 0.15) is 76.0 Å². The first-order valence-corrected chi connectivity index (χ1v) is 14.4. The van der Waals surface area contributed by atoms with Crippen molar-refractivity contribution in [3.8, 4) is 6.07 Å². The minimum atomic E-state index is -0.768. The van der Waals surface area contributed by atoms with Gasteiger partial charge < -0.3 is 25.0 Å². The average Bonchev–Trinajstić information content (AvgIpc) is 3.22. The van der Waals surface area contributed by atoms with Gasteiger partial charge in [0.05, 0.1) is 0 Å². The molecule has 0 aliphatic carbocycles. The number of halogens is 2. The van der Waals surface area contributed by atoms with Gasteiger partial charge in [-0.15, -0.1) is 5.10 Å². The Labute approximate surface area is 255 Å². The molecule has 1 fully saturated rings. The van der Waals surface area contributed by atoms with E-state index in [1.165, 1.54) is 4.52 Å². The van der Waals surface area contributed by atoms with Gasteiger partial charge in [0, 0.05) is 41.8 Å². The summed E-state index contributed by atoms with van der Waals surface area (Å²) in [7, 11) is 0. The molecule has 1 saturated heterocycles. The Morgan fingerprint density at radius 3 is 2.36 bits per heavy atom. The molecule has 4 rings (SSSR count). The number of anilines is 2. The van der Waals surface area contributed by atoms with Gasteiger partial charge in [-0.2, -0.15) is 5.26 Å². The van der Waals surface area contributed by atoms with Crippen molar-refractivity contribution in [2.45, 2.75) is 78.2 Å². The molecule has 0 unspecified atom stereocenters. The molecule has 13 heteroatoms. The zero-order chi connectivity index (χ0) is 30.8. The van der Waals surface area contributed by atoms with E-state index in [-0.39, 0.29) is 41.4 Å². The van der Waals surface area contributed by atoms with Gasteiger partial charge in [0.2, 0.25) is 0 Å². The number of rotatable bonds is 6. The summed E-state index contributed by atoms with van der Waals surface area (Å²) in [4.78, 5) is 32.3. The summed E-state index contributed by atoms with van der Waals surface area (Å²) < 4.78 is 12.5. The Morgan fingerprint density at radius 1 is 1.07 bits per heavy atom. The number of nitrogens with one attached hydrogen (secondary N) is 2. The van der Waals surface area contributed by atoms with Crippen LogP contribution in [0.4, 0.5) is 16.4 Å². The molecule has 0 spiro atoms. The number of hydrogen-bond donors (Lipinski definition) is 2. The molecule has 1 aromatic carbocycles. The van der Waals surface area contributed by atoms with Crippen LogP contribution in [0, 0.1) is 11.3 Å². The van der Waals surface area contributed by atoms with Crippen LogP contribution in [-0.2, 0) is 16.0 Å². The van der Waals surface area contributed by atoms with E-state index in [0.717, 1.165) is 18.4 Å². The summed E-state index contributed by atoms with van der Waals surface area (Å²) in [5.74, 6) is -0.0436. The maximum absolute atomic E-state index is 13.3. The first-order valence-electron chi connectivity index (χ1n) is 13.6. The zero-order valence-corrected chi connectivity index (χ0v) is 26.1. The topological polar surface area (TPSA) is 134 Å². The number of hydrogen-bond acceptors (Lipinski definition) is 9. The molecule has 3 aromatic rings. The molecule has 1 amide bonds. The average molecular weight is 617 g/mol. The van der Waals surface area contributed by atoms with Gasteiger partial charge in [0.15, 0.2) is 17.2 Å². The number of aromatic nitrogens is 3. The standard InChI is InChI=1S/C29H35Cl2N7O4/c1-28(2,3)41-26(39)22-13-23(34-20-8-7-9-37(16-20)27(40)42-29(4,5)6)35-25-21(14-32)24(36-38(22)25)33-15-17-10-18(30)12-19(31)11-17/h10-13,20H,7-9,15-16H2,1-6H3,(H,33,36)(H,34,35)/t20-/m0/s1. The monoisotopic (exact) mass is 615 g/mol. The van der Waals surface area contributed by atoms with E-state index in [4.69, 9.17) is 32.7 Å². The SMILES string of the molecule is CC(C)(C)OC(=O)c1cc(N[C@H]2CCCN(C(=O)OC(C)(C)C)C2)nc2c(C#N)c(NCc3cc(Cl)cc(Cl)c3)nn12. The summed E-state index contributed by atoms with van der Waals surface area (Å²) in [6.45, 7) is 12.0. The first kappa shape index (κ1) is 31.2. The highest BCUT2D eigenvalue weighted by Gasteiger charge is 2.29. The molecule has 0 saturated carbocycles. The van der Waals surface area contributed by atoms with E-state index in [1.807, 2.05) is 20.8 Å².